The van der Waals surface area contributed by atoms with Crippen molar-refractivity contribution in [3.8, 4) is 5.75 Å². The zero-order valence-corrected chi connectivity index (χ0v) is 15.7. The van der Waals surface area contributed by atoms with E-state index in [0.29, 0.717) is 11.4 Å². The minimum atomic E-state index is -3.66. The van der Waals surface area contributed by atoms with E-state index in [1.807, 2.05) is 0 Å². The number of hydrogen-bond acceptors (Lipinski definition) is 5. The highest BCUT2D eigenvalue weighted by atomic mass is 32.2. The van der Waals surface area contributed by atoms with Crippen LogP contribution in [0.25, 0.3) is 0 Å². The van der Waals surface area contributed by atoms with E-state index in [1.54, 1.807) is 38.3 Å². The van der Waals surface area contributed by atoms with E-state index >= 15 is 0 Å². The van der Waals surface area contributed by atoms with Crippen LogP contribution in [0.5, 0.6) is 5.75 Å². The molecule has 0 atom stereocenters. The maximum atomic E-state index is 12.5. The number of nitrogens with zero attached hydrogens (tertiary/aromatic N) is 1. The van der Waals surface area contributed by atoms with Crippen LogP contribution in [0.4, 0.5) is 11.5 Å². The third-order valence-corrected chi connectivity index (χ3v) is 5.16. The van der Waals surface area contributed by atoms with E-state index in [-0.39, 0.29) is 4.90 Å². The maximum absolute atomic E-state index is 12.5. The molecule has 1 aromatic carbocycles. The van der Waals surface area contributed by atoms with Gasteiger partial charge in [0.25, 0.3) is 10.0 Å². The van der Waals surface area contributed by atoms with Crippen molar-refractivity contribution >= 4 is 21.5 Å². The summed E-state index contributed by atoms with van der Waals surface area (Å²) in [4.78, 5) is 4.43. The Morgan fingerprint density at radius 2 is 1.96 bits per heavy atom. The summed E-state index contributed by atoms with van der Waals surface area (Å²) < 4.78 is 32.7. The Kier molecular flexibility index (Phi) is 6.64. The highest BCUT2D eigenvalue weighted by Gasteiger charge is 2.15. The fourth-order valence-corrected chi connectivity index (χ4v) is 3.51. The predicted octanol–water partition coefficient (Wildman–Crippen LogP) is 3.80. The summed E-state index contributed by atoms with van der Waals surface area (Å²) in [7, 11) is -2.11. The van der Waals surface area contributed by atoms with Gasteiger partial charge in [-0.15, -0.1) is 0 Å². The van der Waals surface area contributed by atoms with Crippen molar-refractivity contribution in [2.75, 3.05) is 23.7 Å². The highest BCUT2D eigenvalue weighted by Crippen LogP contribution is 2.23. The second-order valence-electron chi connectivity index (χ2n) is 5.80. The molecule has 0 spiro atoms. The largest absolute Gasteiger partial charge is 0.496 e. The Bertz CT molecular complexity index is 790. The van der Waals surface area contributed by atoms with E-state index in [9.17, 15) is 8.42 Å². The summed E-state index contributed by atoms with van der Waals surface area (Å²) in [6.07, 6.45) is 4.94. The lowest BCUT2D eigenvalue weighted by Crippen LogP contribution is -2.13. The second kappa shape index (κ2) is 8.71. The molecule has 136 valence electrons. The molecule has 6 nitrogen and oxygen atoms in total. The zero-order valence-electron chi connectivity index (χ0n) is 14.9. The second-order valence-corrected chi connectivity index (χ2v) is 7.49. The van der Waals surface area contributed by atoms with Crippen LogP contribution < -0.4 is 14.8 Å². The van der Waals surface area contributed by atoms with Crippen LogP contribution in [0.2, 0.25) is 0 Å². The van der Waals surface area contributed by atoms with E-state index in [4.69, 9.17) is 4.74 Å². The van der Waals surface area contributed by atoms with Gasteiger partial charge in [0.05, 0.1) is 23.9 Å². The molecule has 1 heterocycles. The summed E-state index contributed by atoms with van der Waals surface area (Å²) in [5, 5.41) is 3.22. The van der Waals surface area contributed by atoms with Crippen LogP contribution in [0.1, 0.15) is 31.7 Å². The van der Waals surface area contributed by atoms with Crippen molar-refractivity contribution < 1.29 is 13.2 Å². The first-order valence-electron chi connectivity index (χ1n) is 8.33. The van der Waals surface area contributed by atoms with Crippen molar-refractivity contribution in [1.29, 1.82) is 0 Å². The normalized spacial score (nSPS) is 11.2. The molecule has 2 aromatic rings. The molecule has 0 amide bonds. The number of sulfonamides is 1. The molecule has 2 rings (SSSR count). The number of methoxy groups -OCH3 is 1. The number of aryl methyl sites for hydroxylation is 1. The van der Waals surface area contributed by atoms with Gasteiger partial charge in [-0.2, -0.15) is 0 Å². The number of hydrogen-bond donors (Lipinski definition) is 2. The molecule has 0 unspecified atom stereocenters. The Morgan fingerprint density at radius 1 is 1.16 bits per heavy atom. The first-order valence-corrected chi connectivity index (χ1v) is 9.82. The van der Waals surface area contributed by atoms with Crippen molar-refractivity contribution in [3.05, 3.63) is 42.1 Å². The van der Waals surface area contributed by atoms with Crippen LogP contribution in [0.3, 0.4) is 0 Å². The van der Waals surface area contributed by atoms with Gasteiger partial charge in [0.2, 0.25) is 0 Å². The number of anilines is 2. The number of ether oxygens (including phenoxy) is 1. The first-order chi connectivity index (χ1) is 12.0. The van der Waals surface area contributed by atoms with Gasteiger partial charge in [0, 0.05) is 6.54 Å². The van der Waals surface area contributed by atoms with Crippen molar-refractivity contribution in [2.24, 2.45) is 0 Å². The topological polar surface area (TPSA) is 80.3 Å². The molecule has 0 aliphatic heterocycles. The fourth-order valence-electron chi connectivity index (χ4n) is 2.38. The third-order valence-electron chi connectivity index (χ3n) is 3.78. The van der Waals surface area contributed by atoms with Gasteiger partial charge in [-0.05, 0) is 49.2 Å². The third kappa shape index (κ3) is 5.35. The number of pyridine rings is 1. The SMILES string of the molecule is CCCCCNc1ccc(NS(=O)(=O)c2ccc(OC)c(C)c2)cn1. The Labute approximate surface area is 149 Å². The van der Waals surface area contributed by atoms with E-state index in [1.165, 1.54) is 25.1 Å². The van der Waals surface area contributed by atoms with E-state index in [2.05, 4.69) is 21.9 Å². The number of rotatable bonds is 9. The smallest absolute Gasteiger partial charge is 0.261 e. The molecule has 0 aliphatic rings. The standard InChI is InChI=1S/C18H25N3O3S/c1-4-5-6-11-19-18-10-7-15(13-20-18)21-25(22,23)16-8-9-17(24-3)14(2)12-16/h7-10,12-13,21H,4-6,11H2,1-3H3,(H,19,20). The first kappa shape index (κ1) is 19.1. The monoisotopic (exact) mass is 363 g/mol. The Balaban J connectivity index is 2.04. The van der Waals surface area contributed by atoms with Crippen molar-refractivity contribution in [2.45, 2.75) is 38.0 Å². The molecule has 0 radical (unpaired) electrons. The molecule has 1 aromatic heterocycles. The summed E-state index contributed by atoms with van der Waals surface area (Å²) >= 11 is 0. The molecule has 25 heavy (non-hydrogen) atoms. The quantitative estimate of drug-likeness (QED) is 0.662. The molecule has 0 fully saturated rings. The summed E-state index contributed by atoms with van der Waals surface area (Å²) in [5.74, 6) is 1.39. The zero-order chi connectivity index (χ0) is 18.3. The number of benzene rings is 1. The Morgan fingerprint density at radius 3 is 2.56 bits per heavy atom. The minimum absolute atomic E-state index is 0.188. The number of nitrogens with one attached hydrogen (secondary N) is 2. The lowest BCUT2D eigenvalue weighted by Gasteiger charge is -2.11. The number of aromatic nitrogens is 1. The van der Waals surface area contributed by atoms with Crippen LogP contribution in [-0.4, -0.2) is 27.1 Å². The molecular weight excluding hydrogens is 338 g/mol. The van der Waals surface area contributed by atoms with Gasteiger partial charge in [0.15, 0.2) is 0 Å². The Hall–Kier alpha value is -2.28. The predicted molar refractivity (Wildman–Crippen MR) is 101 cm³/mol. The molecule has 2 N–H and O–H groups in total. The molecule has 0 saturated carbocycles. The maximum Gasteiger partial charge on any atom is 0.261 e. The molecular formula is C18H25N3O3S. The molecule has 0 saturated heterocycles. The molecule has 0 aliphatic carbocycles. The van der Waals surface area contributed by atoms with Gasteiger partial charge in [0.1, 0.15) is 11.6 Å². The van der Waals surface area contributed by atoms with Gasteiger partial charge < -0.3 is 10.1 Å². The van der Waals surface area contributed by atoms with Gasteiger partial charge >= 0.3 is 0 Å². The average Bonchev–Trinajstić information content (AvgIpc) is 2.60. The van der Waals surface area contributed by atoms with E-state index < -0.39 is 10.0 Å². The van der Waals surface area contributed by atoms with Crippen LogP contribution in [-0.2, 0) is 10.0 Å². The van der Waals surface area contributed by atoms with Gasteiger partial charge in [-0.3, -0.25) is 4.72 Å². The summed E-state index contributed by atoms with van der Waals surface area (Å²) in [5.41, 5.74) is 1.18. The van der Waals surface area contributed by atoms with Gasteiger partial charge in [-0.25, -0.2) is 13.4 Å². The summed E-state index contributed by atoms with van der Waals surface area (Å²) in [6.45, 7) is 4.82. The van der Waals surface area contributed by atoms with Crippen LogP contribution in [0.15, 0.2) is 41.4 Å². The fraction of sp³-hybridized carbons (Fsp3) is 0.389. The van der Waals surface area contributed by atoms with E-state index in [0.717, 1.165) is 24.3 Å². The van der Waals surface area contributed by atoms with Crippen molar-refractivity contribution in [3.63, 3.8) is 0 Å². The van der Waals surface area contributed by atoms with Crippen LogP contribution >= 0.6 is 0 Å². The highest BCUT2D eigenvalue weighted by molar-refractivity contribution is 7.92. The summed E-state index contributed by atoms with van der Waals surface area (Å²) in [6, 6.07) is 8.21. The van der Waals surface area contributed by atoms with Gasteiger partial charge in [-0.1, -0.05) is 19.8 Å². The van der Waals surface area contributed by atoms with Crippen molar-refractivity contribution in [1.82, 2.24) is 4.98 Å². The molecule has 0 bridgehead atoms. The lowest BCUT2D eigenvalue weighted by molar-refractivity contribution is 0.411. The van der Waals surface area contributed by atoms with Crippen LogP contribution in [0, 0.1) is 6.92 Å². The molecule has 7 heteroatoms. The minimum Gasteiger partial charge on any atom is -0.496 e. The average molecular weight is 363 g/mol. The number of unbranched alkanes of at least 4 members (excludes halogenated alkanes) is 2. The lowest BCUT2D eigenvalue weighted by atomic mass is 10.2.